The lowest BCUT2D eigenvalue weighted by atomic mass is 10.1. The second-order valence-corrected chi connectivity index (χ2v) is 4.74. The highest BCUT2D eigenvalue weighted by molar-refractivity contribution is 5.92. The molecule has 110 valence electrons. The van der Waals surface area contributed by atoms with Crippen molar-refractivity contribution in [2.45, 2.75) is 13.8 Å². The molecule has 0 aliphatic carbocycles. The Hall–Kier alpha value is -3.14. The number of carbonyl (C=O) groups excluding carboxylic acids is 1. The third kappa shape index (κ3) is 1.93. The van der Waals surface area contributed by atoms with Crippen LogP contribution in [0.5, 0.6) is 0 Å². The van der Waals surface area contributed by atoms with Crippen molar-refractivity contribution in [2.75, 3.05) is 6.61 Å². The zero-order valence-electron chi connectivity index (χ0n) is 12.0. The minimum Gasteiger partial charge on any atom is -0.462 e. The van der Waals surface area contributed by atoms with E-state index in [0.29, 0.717) is 11.0 Å². The van der Waals surface area contributed by atoms with Gasteiger partial charge in [-0.1, -0.05) is 0 Å². The highest BCUT2D eigenvalue weighted by atomic mass is 16.5. The largest absolute Gasteiger partial charge is 0.462 e. The molecule has 0 radical (unpaired) electrons. The number of nitriles is 1. The first-order chi connectivity index (χ1) is 10.6. The molecule has 0 spiro atoms. The van der Waals surface area contributed by atoms with Crippen LogP contribution in [0, 0.1) is 18.3 Å². The molecular weight excluding hydrogens is 284 g/mol. The van der Waals surface area contributed by atoms with Crippen LogP contribution in [-0.4, -0.2) is 26.6 Å². The summed E-state index contributed by atoms with van der Waals surface area (Å²) in [5.74, 6) is -0.733. The van der Waals surface area contributed by atoms with Gasteiger partial charge in [0, 0.05) is 12.4 Å². The van der Waals surface area contributed by atoms with Gasteiger partial charge in [0.2, 0.25) is 0 Å². The van der Waals surface area contributed by atoms with E-state index in [0.717, 1.165) is 5.69 Å². The molecule has 0 unspecified atom stereocenters. The van der Waals surface area contributed by atoms with Crippen LogP contribution in [-0.2, 0) is 4.74 Å². The standard InChI is InChI=1S/C15H12N4O3/c1-3-22-15(21)11-7-10(8-16)13-12-6-9(2)17-19(12)5-4-18(13)14(11)20/h4-7H,3H2,1-2H3. The predicted molar refractivity (Wildman–Crippen MR) is 77.8 cm³/mol. The quantitative estimate of drug-likeness (QED) is 0.665. The Morgan fingerprint density at radius 3 is 2.86 bits per heavy atom. The fourth-order valence-electron chi connectivity index (χ4n) is 2.42. The van der Waals surface area contributed by atoms with E-state index in [1.54, 1.807) is 23.7 Å². The van der Waals surface area contributed by atoms with Crippen LogP contribution >= 0.6 is 0 Å². The number of rotatable bonds is 2. The van der Waals surface area contributed by atoms with Gasteiger partial charge in [0.15, 0.2) is 0 Å². The number of fused-ring (bicyclic) bond motifs is 3. The zero-order valence-corrected chi connectivity index (χ0v) is 12.0. The topological polar surface area (TPSA) is 88.9 Å². The maximum Gasteiger partial charge on any atom is 0.343 e. The number of nitrogens with zero attached hydrogens (tertiary/aromatic N) is 4. The fraction of sp³-hybridized carbons (Fsp3) is 0.200. The number of ether oxygens (including phenoxy) is 1. The summed E-state index contributed by atoms with van der Waals surface area (Å²) in [6.45, 7) is 3.63. The summed E-state index contributed by atoms with van der Waals surface area (Å²) in [5, 5.41) is 13.6. The number of esters is 1. The number of hydrogen-bond acceptors (Lipinski definition) is 5. The first-order valence-electron chi connectivity index (χ1n) is 6.68. The van der Waals surface area contributed by atoms with Crippen molar-refractivity contribution < 1.29 is 9.53 Å². The Morgan fingerprint density at radius 1 is 1.41 bits per heavy atom. The van der Waals surface area contributed by atoms with Crippen molar-refractivity contribution in [1.29, 1.82) is 5.26 Å². The highest BCUT2D eigenvalue weighted by Gasteiger charge is 2.18. The van der Waals surface area contributed by atoms with E-state index in [4.69, 9.17) is 4.74 Å². The van der Waals surface area contributed by atoms with Crippen LogP contribution in [0.25, 0.3) is 11.0 Å². The second kappa shape index (κ2) is 5.00. The highest BCUT2D eigenvalue weighted by Crippen LogP contribution is 2.18. The smallest absolute Gasteiger partial charge is 0.343 e. The average molecular weight is 296 g/mol. The van der Waals surface area contributed by atoms with Crippen molar-refractivity contribution in [3.63, 3.8) is 0 Å². The Kier molecular flexibility index (Phi) is 3.14. The first-order valence-corrected chi connectivity index (χ1v) is 6.68. The molecule has 0 saturated carbocycles. The van der Waals surface area contributed by atoms with Crippen LogP contribution in [0.2, 0.25) is 0 Å². The van der Waals surface area contributed by atoms with Crippen molar-refractivity contribution in [2.24, 2.45) is 0 Å². The number of aryl methyl sites for hydroxylation is 1. The van der Waals surface area contributed by atoms with Crippen molar-refractivity contribution in [1.82, 2.24) is 14.0 Å². The minimum atomic E-state index is -0.733. The lowest BCUT2D eigenvalue weighted by Gasteiger charge is -2.08. The van der Waals surface area contributed by atoms with E-state index in [9.17, 15) is 14.9 Å². The minimum absolute atomic E-state index is 0.156. The molecule has 0 aromatic carbocycles. The molecule has 22 heavy (non-hydrogen) atoms. The number of pyridine rings is 1. The third-order valence-corrected chi connectivity index (χ3v) is 3.31. The van der Waals surface area contributed by atoms with Crippen LogP contribution in [0.1, 0.15) is 28.5 Å². The van der Waals surface area contributed by atoms with Gasteiger partial charge in [-0.3, -0.25) is 9.20 Å². The summed E-state index contributed by atoms with van der Waals surface area (Å²) in [5.41, 5.74) is 1.35. The molecule has 3 rings (SSSR count). The van der Waals surface area contributed by atoms with Crippen molar-refractivity contribution in [3.05, 3.63) is 51.7 Å². The van der Waals surface area contributed by atoms with Gasteiger partial charge in [0.05, 0.1) is 28.9 Å². The van der Waals surface area contributed by atoms with Gasteiger partial charge in [-0.15, -0.1) is 0 Å². The number of aromatic nitrogens is 3. The lowest BCUT2D eigenvalue weighted by molar-refractivity contribution is 0.0524. The van der Waals surface area contributed by atoms with E-state index in [1.165, 1.54) is 16.7 Å². The van der Waals surface area contributed by atoms with Gasteiger partial charge in [-0.25, -0.2) is 9.31 Å². The maximum absolute atomic E-state index is 12.5. The summed E-state index contributed by atoms with van der Waals surface area (Å²) in [4.78, 5) is 24.4. The van der Waals surface area contributed by atoms with Gasteiger partial charge >= 0.3 is 5.97 Å². The van der Waals surface area contributed by atoms with Gasteiger partial charge in [0.25, 0.3) is 5.56 Å². The van der Waals surface area contributed by atoms with E-state index in [-0.39, 0.29) is 17.7 Å². The van der Waals surface area contributed by atoms with Crippen LogP contribution < -0.4 is 5.56 Å². The Morgan fingerprint density at radius 2 is 2.18 bits per heavy atom. The van der Waals surface area contributed by atoms with Gasteiger partial charge in [-0.05, 0) is 26.0 Å². The normalized spacial score (nSPS) is 10.8. The molecule has 0 bridgehead atoms. The van der Waals surface area contributed by atoms with E-state index < -0.39 is 11.5 Å². The SMILES string of the molecule is CCOC(=O)c1cc(C#N)c2c3cc(C)nn3ccn2c1=O. The summed E-state index contributed by atoms with van der Waals surface area (Å²) in [6.07, 6.45) is 3.09. The summed E-state index contributed by atoms with van der Waals surface area (Å²) in [6, 6.07) is 5.08. The second-order valence-electron chi connectivity index (χ2n) is 4.74. The Labute approximate surface area is 125 Å². The molecule has 7 heteroatoms. The van der Waals surface area contributed by atoms with E-state index >= 15 is 0 Å². The Balaban J connectivity index is 2.45. The molecule has 3 aromatic rings. The summed E-state index contributed by atoms with van der Waals surface area (Å²) >= 11 is 0. The predicted octanol–water partition coefficient (Wildman–Crippen LogP) is 1.30. The summed E-state index contributed by atoms with van der Waals surface area (Å²) < 4.78 is 7.74. The number of carbonyl (C=O) groups is 1. The molecule has 3 aromatic heterocycles. The van der Waals surface area contributed by atoms with E-state index in [1.807, 2.05) is 13.0 Å². The fourth-order valence-corrected chi connectivity index (χ4v) is 2.42. The third-order valence-electron chi connectivity index (χ3n) is 3.31. The summed E-state index contributed by atoms with van der Waals surface area (Å²) in [7, 11) is 0. The number of hydrogen-bond donors (Lipinski definition) is 0. The molecule has 0 aliphatic heterocycles. The first kappa shape index (κ1) is 13.8. The molecule has 0 atom stereocenters. The van der Waals surface area contributed by atoms with Crippen LogP contribution in [0.15, 0.2) is 29.3 Å². The molecule has 0 fully saturated rings. The van der Waals surface area contributed by atoms with Crippen molar-refractivity contribution >= 4 is 17.0 Å². The van der Waals surface area contributed by atoms with Gasteiger partial charge in [0.1, 0.15) is 11.6 Å². The monoisotopic (exact) mass is 296 g/mol. The molecule has 0 saturated heterocycles. The van der Waals surface area contributed by atoms with Crippen LogP contribution in [0.3, 0.4) is 0 Å². The Bertz CT molecular complexity index is 1010. The molecule has 7 nitrogen and oxygen atoms in total. The van der Waals surface area contributed by atoms with E-state index in [2.05, 4.69) is 5.10 Å². The maximum atomic E-state index is 12.5. The van der Waals surface area contributed by atoms with Gasteiger partial charge < -0.3 is 4.74 Å². The zero-order chi connectivity index (χ0) is 15.9. The van der Waals surface area contributed by atoms with Crippen LogP contribution in [0.4, 0.5) is 0 Å². The molecule has 0 aliphatic rings. The lowest BCUT2D eigenvalue weighted by Crippen LogP contribution is -2.24. The molecule has 3 heterocycles. The van der Waals surface area contributed by atoms with Gasteiger partial charge in [-0.2, -0.15) is 10.4 Å². The molecule has 0 N–H and O–H groups in total. The molecule has 0 amide bonds. The average Bonchev–Trinajstić information content (AvgIpc) is 2.88. The molecular formula is C15H12N4O3. The van der Waals surface area contributed by atoms with Crippen molar-refractivity contribution in [3.8, 4) is 6.07 Å².